The smallest absolute Gasteiger partial charge is 0.304 e. The zero-order valence-electron chi connectivity index (χ0n) is 10.9. The van der Waals surface area contributed by atoms with Crippen LogP contribution in [-0.4, -0.2) is 38.7 Å². The van der Waals surface area contributed by atoms with Gasteiger partial charge in [-0.15, -0.1) is 11.3 Å². The number of carbonyl (C=O) groups is 1. The molecule has 1 fully saturated rings. The lowest BCUT2D eigenvalue weighted by molar-refractivity contribution is -0.138. The Bertz CT molecular complexity index is 581. The van der Waals surface area contributed by atoms with Crippen molar-refractivity contribution in [2.75, 3.05) is 6.54 Å². The number of likely N-dealkylation sites (tertiary alicyclic amines) is 1. The molecule has 3 heterocycles. The molecule has 2 aromatic heterocycles. The van der Waals surface area contributed by atoms with Gasteiger partial charge in [-0.2, -0.15) is 4.98 Å². The van der Waals surface area contributed by atoms with E-state index in [0.717, 1.165) is 24.3 Å². The fraction of sp³-hybridized carbons (Fsp3) is 0.462. The molecule has 6 nitrogen and oxygen atoms in total. The van der Waals surface area contributed by atoms with Crippen molar-refractivity contribution in [3.63, 3.8) is 0 Å². The van der Waals surface area contributed by atoms with Gasteiger partial charge in [-0.25, -0.2) is 0 Å². The minimum Gasteiger partial charge on any atom is -0.481 e. The summed E-state index contributed by atoms with van der Waals surface area (Å²) in [6, 6.07) is 3.96. The Labute approximate surface area is 120 Å². The highest BCUT2D eigenvalue weighted by molar-refractivity contribution is 7.13. The lowest BCUT2D eigenvalue weighted by Gasteiger charge is -2.20. The number of thiophene rings is 1. The van der Waals surface area contributed by atoms with E-state index < -0.39 is 5.97 Å². The molecule has 1 N–H and O–H groups in total. The van der Waals surface area contributed by atoms with Gasteiger partial charge in [-0.05, 0) is 30.8 Å². The lowest BCUT2D eigenvalue weighted by atomic mass is 10.1. The first-order chi connectivity index (χ1) is 9.72. The maximum atomic E-state index is 10.8. The van der Waals surface area contributed by atoms with E-state index >= 15 is 0 Å². The van der Waals surface area contributed by atoms with Crippen LogP contribution in [0, 0.1) is 0 Å². The summed E-state index contributed by atoms with van der Waals surface area (Å²) in [5, 5.41) is 14.8. The third-order valence-corrected chi connectivity index (χ3v) is 4.32. The van der Waals surface area contributed by atoms with Crippen molar-refractivity contribution < 1.29 is 14.4 Å². The molecule has 20 heavy (non-hydrogen) atoms. The SMILES string of the molecule is O=C(O)CC1CCCN1Cc1nc(-c2cccs2)no1. The third-order valence-electron chi connectivity index (χ3n) is 3.46. The van der Waals surface area contributed by atoms with Crippen LogP contribution in [0.4, 0.5) is 0 Å². The summed E-state index contributed by atoms with van der Waals surface area (Å²) in [6.07, 6.45) is 2.11. The third kappa shape index (κ3) is 2.88. The van der Waals surface area contributed by atoms with Crippen molar-refractivity contribution >= 4 is 17.3 Å². The molecule has 1 aliphatic heterocycles. The normalized spacial score (nSPS) is 19.5. The monoisotopic (exact) mass is 293 g/mol. The summed E-state index contributed by atoms with van der Waals surface area (Å²) < 4.78 is 5.26. The zero-order valence-corrected chi connectivity index (χ0v) is 11.7. The maximum Gasteiger partial charge on any atom is 0.304 e. The van der Waals surface area contributed by atoms with Crippen molar-refractivity contribution in [1.82, 2.24) is 15.0 Å². The first-order valence-electron chi connectivity index (χ1n) is 6.54. The zero-order chi connectivity index (χ0) is 13.9. The van der Waals surface area contributed by atoms with E-state index in [0.29, 0.717) is 18.3 Å². The first-order valence-corrected chi connectivity index (χ1v) is 7.42. The van der Waals surface area contributed by atoms with Gasteiger partial charge in [0.05, 0.1) is 17.8 Å². The fourth-order valence-corrected chi connectivity index (χ4v) is 3.18. The van der Waals surface area contributed by atoms with Crippen LogP contribution in [0.15, 0.2) is 22.0 Å². The van der Waals surface area contributed by atoms with Gasteiger partial charge in [0.25, 0.3) is 0 Å². The molecule has 0 radical (unpaired) electrons. The quantitative estimate of drug-likeness (QED) is 0.910. The molecule has 7 heteroatoms. The molecule has 106 valence electrons. The van der Waals surface area contributed by atoms with Crippen LogP contribution < -0.4 is 0 Å². The Morgan fingerprint density at radius 2 is 2.50 bits per heavy atom. The molecular weight excluding hydrogens is 278 g/mol. The molecule has 2 aromatic rings. The number of carboxylic acid groups (broad SMARTS) is 1. The second-order valence-electron chi connectivity index (χ2n) is 4.85. The molecule has 0 saturated carbocycles. The van der Waals surface area contributed by atoms with Gasteiger partial charge in [0.15, 0.2) is 0 Å². The molecule has 1 atom stereocenters. The predicted octanol–water partition coefficient (Wildman–Crippen LogP) is 2.24. The number of nitrogens with zero attached hydrogens (tertiary/aromatic N) is 3. The number of aromatic nitrogens is 2. The standard InChI is InChI=1S/C13H15N3O3S/c17-12(18)7-9-3-1-5-16(9)8-11-14-13(15-19-11)10-4-2-6-20-10/h2,4,6,9H,1,3,5,7-8H2,(H,17,18). The van der Waals surface area contributed by atoms with Gasteiger partial charge in [-0.3, -0.25) is 9.69 Å². The fourth-order valence-electron chi connectivity index (χ4n) is 2.53. The summed E-state index contributed by atoms with van der Waals surface area (Å²) in [6.45, 7) is 1.41. The highest BCUT2D eigenvalue weighted by Crippen LogP contribution is 2.24. The molecule has 1 saturated heterocycles. The Kier molecular flexibility index (Phi) is 3.79. The van der Waals surface area contributed by atoms with Crippen LogP contribution >= 0.6 is 11.3 Å². The van der Waals surface area contributed by atoms with Crippen molar-refractivity contribution in [2.24, 2.45) is 0 Å². The average molecular weight is 293 g/mol. The maximum absolute atomic E-state index is 10.8. The number of hydrogen-bond donors (Lipinski definition) is 1. The molecule has 0 bridgehead atoms. The van der Waals surface area contributed by atoms with Crippen LogP contribution in [0.2, 0.25) is 0 Å². The van der Waals surface area contributed by atoms with Gasteiger partial charge in [0, 0.05) is 6.04 Å². The van der Waals surface area contributed by atoms with Crippen molar-refractivity contribution in [3.8, 4) is 10.7 Å². The molecule has 0 spiro atoms. The van der Waals surface area contributed by atoms with Crippen LogP contribution in [0.1, 0.15) is 25.2 Å². The molecule has 1 unspecified atom stereocenters. The molecule has 3 rings (SSSR count). The molecule has 0 amide bonds. The molecule has 0 aliphatic carbocycles. The van der Waals surface area contributed by atoms with Gasteiger partial charge in [-0.1, -0.05) is 11.2 Å². The van der Waals surface area contributed by atoms with Crippen molar-refractivity contribution in [2.45, 2.75) is 31.8 Å². The van der Waals surface area contributed by atoms with Gasteiger partial charge >= 0.3 is 5.97 Å². The van der Waals surface area contributed by atoms with E-state index in [1.807, 2.05) is 17.5 Å². The summed E-state index contributed by atoms with van der Waals surface area (Å²) in [7, 11) is 0. The van der Waals surface area contributed by atoms with E-state index in [1.165, 1.54) is 0 Å². The lowest BCUT2D eigenvalue weighted by Crippen LogP contribution is -2.30. The highest BCUT2D eigenvalue weighted by atomic mass is 32.1. The first kappa shape index (κ1) is 13.3. The van der Waals surface area contributed by atoms with Crippen LogP contribution in [0.25, 0.3) is 10.7 Å². The van der Waals surface area contributed by atoms with E-state index in [4.69, 9.17) is 9.63 Å². The van der Waals surface area contributed by atoms with Crippen molar-refractivity contribution in [3.05, 3.63) is 23.4 Å². The topological polar surface area (TPSA) is 79.5 Å². The highest BCUT2D eigenvalue weighted by Gasteiger charge is 2.28. The number of rotatable bonds is 5. The van der Waals surface area contributed by atoms with E-state index in [9.17, 15) is 4.79 Å². The molecule has 1 aliphatic rings. The Balaban J connectivity index is 1.67. The van der Waals surface area contributed by atoms with Crippen LogP contribution in [-0.2, 0) is 11.3 Å². The number of hydrogen-bond acceptors (Lipinski definition) is 6. The largest absolute Gasteiger partial charge is 0.481 e. The van der Waals surface area contributed by atoms with E-state index in [-0.39, 0.29) is 12.5 Å². The number of aliphatic carboxylic acids is 1. The number of carboxylic acids is 1. The molecular formula is C13H15N3O3S. The minimum atomic E-state index is -0.758. The summed E-state index contributed by atoms with van der Waals surface area (Å²) in [5.74, 6) is 0.390. The Morgan fingerprint density at radius 1 is 1.60 bits per heavy atom. The van der Waals surface area contributed by atoms with Gasteiger partial charge in [0.1, 0.15) is 0 Å². The predicted molar refractivity (Wildman–Crippen MR) is 73.3 cm³/mol. The van der Waals surface area contributed by atoms with E-state index in [1.54, 1.807) is 11.3 Å². The van der Waals surface area contributed by atoms with Gasteiger partial charge in [0.2, 0.25) is 11.7 Å². The molecule has 0 aromatic carbocycles. The minimum absolute atomic E-state index is 0.0737. The average Bonchev–Trinajstić information content (AvgIpc) is 3.11. The second-order valence-corrected chi connectivity index (χ2v) is 5.80. The summed E-state index contributed by atoms with van der Waals surface area (Å²) >= 11 is 1.56. The van der Waals surface area contributed by atoms with E-state index in [2.05, 4.69) is 15.0 Å². The van der Waals surface area contributed by atoms with Gasteiger partial charge < -0.3 is 9.63 Å². The Morgan fingerprint density at radius 3 is 3.25 bits per heavy atom. The summed E-state index contributed by atoms with van der Waals surface area (Å²) in [5.41, 5.74) is 0. The van der Waals surface area contributed by atoms with Crippen molar-refractivity contribution in [1.29, 1.82) is 0 Å². The van der Waals surface area contributed by atoms with Crippen LogP contribution in [0.3, 0.4) is 0 Å². The van der Waals surface area contributed by atoms with Crippen LogP contribution in [0.5, 0.6) is 0 Å². The summed E-state index contributed by atoms with van der Waals surface area (Å²) in [4.78, 5) is 18.3. The second kappa shape index (κ2) is 5.72. The Hall–Kier alpha value is -1.73.